The lowest BCUT2D eigenvalue weighted by atomic mass is 9.95. The normalized spacial score (nSPS) is 17.9. The van der Waals surface area contributed by atoms with Gasteiger partial charge >= 0.3 is 0 Å². The summed E-state index contributed by atoms with van der Waals surface area (Å²) in [6, 6.07) is 14.1. The van der Waals surface area contributed by atoms with Crippen molar-refractivity contribution < 1.29 is 19.4 Å². The summed E-state index contributed by atoms with van der Waals surface area (Å²) in [5, 5.41) is 11.2. The molecule has 1 aliphatic rings. The topological polar surface area (TPSA) is 70.1 Å². The third-order valence-electron chi connectivity index (χ3n) is 5.68. The molecule has 1 fully saturated rings. The average molecular weight is 451 g/mol. The molecule has 33 heavy (non-hydrogen) atoms. The number of carbonyl (C=O) groups excluding carboxylic acids is 2. The molecule has 2 aromatic rings. The van der Waals surface area contributed by atoms with E-state index in [4.69, 9.17) is 4.74 Å². The molecule has 0 spiro atoms. The van der Waals surface area contributed by atoms with E-state index < -0.39 is 17.7 Å². The molecule has 1 heterocycles. The number of carbonyl (C=O) groups is 2. The molecule has 1 unspecified atom stereocenters. The van der Waals surface area contributed by atoms with Gasteiger partial charge in [0.1, 0.15) is 11.5 Å². The van der Waals surface area contributed by atoms with Gasteiger partial charge in [0, 0.05) is 12.1 Å². The van der Waals surface area contributed by atoms with Crippen molar-refractivity contribution in [1.29, 1.82) is 0 Å². The van der Waals surface area contributed by atoms with Crippen molar-refractivity contribution in [3.63, 3.8) is 0 Å². The van der Waals surface area contributed by atoms with Crippen LogP contribution in [-0.2, 0) is 9.59 Å². The molecular formula is C27H34N2O4. The molecule has 0 saturated carbocycles. The Labute approximate surface area is 196 Å². The number of hydrogen-bond donors (Lipinski definition) is 1. The number of Topliss-reactive ketones (excluding diaryl/α,β-unsaturated/α-hetero) is 1. The van der Waals surface area contributed by atoms with Gasteiger partial charge < -0.3 is 19.6 Å². The maximum absolute atomic E-state index is 13.1. The van der Waals surface area contributed by atoms with Crippen LogP contribution in [0.3, 0.4) is 0 Å². The number of benzene rings is 2. The Morgan fingerprint density at radius 2 is 1.82 bits per heavy atom. The molecule has 176 valence electrons. The van der Waals surface area contributed by atoms with E-state index in [1.54, 1.807) is 23.1 Å². The summed E-state index contributed by atoms with van der Waals surface area (Å²) >= 11 is 0. The molecule has 6 heteroatoms. The second kappa shape index (κ2) is 10.7. The maximum atomic E-state index is 13.1. The first-order valence-electron chi connectivity index (χ1n) is 11.4. The van der Waals surface area contributed by atoms with E-state index >= 15 is 0 Å². The fraction of sp³-hybridized carbons (Fsp3) is 0.407. The highest BCUT2D eigenvalue weighted by Gasteiger charge is 2.45. The number of rotatable bonds is 9. The second-order valence-corrected chi connectivity index (χ2v) is 9.25. The monoisotopic (exact) mass is 450 g/mol. The van der Waals surface area contributed by atoms with E-state index in [2.05, 4.69) is 13.8 Å². The molecular weight excluding hydrogens is 416 g/mol. The third-order valence-corrected chi connectivity index (χ3v) is 5.68. The smallest absolute Gasteiger partial charge is 0.295 e. The van der Waals surface area contributed by atoms with Gasteiger partial charge in [0.25, 0.3) is 11.7 Å². The van der Waals surface area contributed by atoms with Gasteiger partial charge in [0.05, 0.1) is 18.2 Å². The molecule has 0 aromatic heterocycles. The lowest BCUT2D eigenvalue weighted by molar-refractivity contribution is -0.139. The minimum absolute atomic E-state index is 0.131. The molecule has 1 N–H and O–H groups in total. The highest BCUT2D eigenvalue weighted by molar-refractivity contribution is 6.46. The summed E-state index contributed by atoms with van der Waals surface area (Å²) < 4.78 is 5.84. The van der Waals surface area contributed by atoms with E-state index in [-0.39, 0.29) is 11.3 Å². The minimum Gasteiger partial charge on any atom is -0.507 e. The van der Waals surface area contributed by atoms with E-state index in [0.717, 1.165) is 29.8 Å². The highest BCUT2D eigenvalue weighted by Crippen LogP contribution is 2.39. The fourth-order valence-corrected chi connectivity index (χ4v) is 4.02. The van der Waals surface area contributed by atoms with Crippen molar-refractivity contribution in [1.82, 2.24) is 9.80 Å². The second-order valence-electron chi connectivity index (χ2n) is 9.25. The first-order chi connectivity index (χ1) is 15.7. The molecule has 1 atom stereocenters. The molecule has 6 nitrogen and oxygen atoms in total. The average Bonchev–Trinajstić information content (AvgIpc) is 3.03. The van der Waals surface area contributed by atoms with Gasteiger partial charge in [-0.3, -0.25) is 9.59 Å². The Morgan fingerprint density at radius 3 is 2.42 bits per heavy atom. The Bertz CT molecular complexity index is 1030. The quantitative estimate of drug-likeness (QED) is 0.348. The van der Waals surface area contributed by atoms with Gasteiger partial charge in [0.2, 0.25) is 0 Å². The van der Waals surface area contributed by atoms with Crippen molar-refractivity contribution in [2.24, 2.45) is 5.92 Å². The van der Waals surface area contributed by atoms with Crippen LogP contribution in [0.2, 0.25) is 0 Å². The Balaban J connectivity index is 2.01. The van der Waals surface area contributed by atoms with Gasteiger partial charge in [0.15, 0.2) is 0 Å². The molecule has 0 aliphatic carbocycles. The van der Waals surface area contributed by atoms with Crippen molar-refractivity contribution >= 4 is 17.4 Å². The van der Waals surface area contributed by atoms with Crippen LogP contribution in [0.5, 0.6) is 5.75 Å². The number of aliphatic hydroxyl groups excluding tert-OH is 1. The van der Waals surface area contributed by atoms with Crippen molar-refractivity contribution in [2.45, 2.75) is 33.2 Å². The van der Waals surface area contributed by atoms with Gasteiger partial charge in [-0.15, -0.1) is 0 Å². The lowest BCUT2D eigenvalue weighted by Gasteiger charge is -2.26. The lowest BCUT2D eigenvalue weighted by Crippen LogP contribution is -2.32. The van der Waals surface area contributed by atoms with Crippen LogP contribution >= 0.6 is 0 Å². The number of amides is 1. The predicted molar refractivity (Wildman–Crippen MR) is 130 cm³/mol. The molecule has 1 saturated heterocycles. The van der Waals surface area contributed by atoms with Gasteiger partial charge in [-0.25, -0.2) is 0 Å². The van der Waals surface area contributed by atoms with Gasteiger partial charge in [-0.2, -0.15) is 0 Å². The van der Waals surface area contributed by atoms with E-state index in [1.807, 2.05) is 56.3 Å². The summed E-state index contributed by atoms with van der Waals surface area (Å²) in [6.07, 6.45) is 0.727. The number of ketones is 1. The van der Waals surface area contributed by atoms with Gasteiger partial charge in [-0.05, 0) is 69.2 Å². The summed E-state index contributed by atoms with van der Waals surface area (Å²) in [7, 11) is 3.94. The van der Waals surface area contributed by atoms with E-state index in [0.29, 0.717) is 24.6 Å². The first kappa shape index (κ1) is 24.5. The number of likely N-dealkylation sites (tertiary alicyclic amines) is 1. The van der Waals surface area contributed by atoms with Crippen LogP contribution < -0.4 is 4.74 Å². The maximum Gasteiger partial charge on any atom is 0.295 e. The van der Waals surface area contributed by atoms with Gasteiger partial charge in [-0.1, -0.05) is 44.2 Å². The number of ether oxygens (including phenoxy) is 1. The molecule has 2 aromatic carbocycles. The third kappa shape index (κ3) is 5.63. The van der Waals surface area contributed by atoms with Crippen molar-refractivity contribution in [3.05, 3.63) is 70.8 Å². The van der Waals surface area contributed by atoms with Crippen LogP contribution in [0.15, 0.2) is 54.1 Å². The molecule has 3 rings (SSSR count). The molecule has 1 amide bonds. The number of aliphatic hydroxyl groups is 1. The summed E-state index contributed by atoms with van der Waals surface area (Å²) in [6.45, 7) is 7.88. The minimum atomic E-state index is -0.649. The van der Waals surface area contributed by atoms with E-state index in [9.17, 15) is 14.7 Å². The Kier molecular flexibility index (Phi) is 7.92. The Hall–Kier alpha value is -3.12. The zero-order chi connectivity index (χ0) is 24.1. The fourth-order valence-electron chi connectivity index (χ4n) is 4.02. The predicted octanol–water partition coefficient (Wildman–Crippen LogP) is 4.40. The van der Waals surface area contributed by atoms with Crippen LogP contribution in [0.4, 0.5) is 0 Å². The number of hydrogen-bond acceptors (Lipinski definition) is 5. The zero-order valence-corrected chi connectivity index (χ0v) is 20.2. The van der Waals surface area contributed by atoms with Crippen LogP contribution in [0.1, 0.15) is 43.0 Å². The SMILES string of the molecule is Cc1cc(/C(O)=C2/C(=O)C(=O)N(CCCN(C)C)C2c2ccccc2)ccc1OCC(C)C. The van der Waals surface area contributed by atoms with E-state index in [1.165, 1.54) is 0 Å². The molecule has 1 aliphatic heterocycles. The van der Waals surface area contributed by atoms with Crippen molar-refractivity contribution in [2.75, 3.05) is 33.8 Å². The number of aryl methyl sites for hydroxylation is 1. The Morgan fingerprint density at radius 1 is 1.12 bits per heavy atom. The summed E-state index contributed by atoms with van der Waals surface area (Å²) in [5.41, 5.74) is 2.29. The molecule has 0 bridgehead atoms. The number of nitrogens with zero attached hydrogens (tertiary/aromatic N) is 2. The summed E-state index contributed by atoms with van der Waals surface area (Å²) in [4.78, 5) is 29.7. The van der Waals surface area contributed by atoms with Crippen LogP contribution in [0.25, 0.3) is 5.76 Å². The zero-order valence-electron chi connectivity index (χ0n) is 20.2. The largest absolute Gasteiger partial charge is 0.507 e. The summed E-state index contributed by atoms with van der Waals surface area (Å²) in [5.74, 6) is -0.242. The van der Waals surface area contributed by atoms with Crippen LogP contribution in [-0.4, -0.2) is 60.4 Å². The standard InChI is InChI=1S/C27H34N2O4/c1-18(2)17-33-22-13-12-21(16-19(22)3)25(30)23-24(20-10-7-6-8-11-20)29(27(32)26(23)31)15-9-14-28(4)5/h6-8,10-13,16,18,24,30H,9,14-15,17H2,1-5H3/b25-23-. The molecule has 0 radical (unpaired) electrons. The van der Waals surface area contributed by atoms with Crippen molar-refractivity contribution in [3.8, 4) is 5.75 Å². The van der Waals surface area contributed by atoms with Crippen LogP contribution in [0, 0.1) is 12.8 Å². The first-order valence-corrected chi connectivity index (χ1v) is 11.4. The highest BCUT2D eigenvalue weighted by atomic mass is 16.5.